The van der Waals surface area contributed by atoms with E-state index in [1.54, 1.807) is 36.4 Å². The average molecular weight is 436 g/mol. The highest BCUT2D eigenvalue weighted by molar-refractivity contribution is 6.32. The summed E-state index contributed by atoms with van der Waals surface area (Å²) in [5.41, 5.74) is 2.30. The van der Waals surface area contributed by atoms with Gasteiger partial charge in [-0.25, -0.2) is 0 Å². The highest BCUT2D eigenvalue weighted by Crippen LogP contribution is 2.32. The zero-order valence-corrected chi connectivity index (χ0v) is 19.2. The Labute approximate surface area is 191 Å². The quantitative estimate of drug-likeness (QED) is 0.214. The summed E-state index contributed by atoms with van der Waals surface area (Å²) in [4.78, 5) is 42.9. The number of hydrogen-bond acceptors (Lipinski definition) is 3. The zero-order valence-electron chi connectivity index (χ0n) is 19.2. The summed E-state index contributed by atoms with van der Waals surface area (Å²) < 4.78 is 0. The Hall–Kier alpha value is -4.05. The van der Waals surface area contributed by atoms with Gasteiger partial charge in [0.05, 0.1) is 22.0 Å². The largest absolute Gasteiger partial charge is 0.354 e. The molecular formula is C29H25NO3. The van der Waals surface area contributed by atoms with Crippen LogP contribution in [0.1, 0.15) is 59.5 Å². The predicted molar refractivity (Wildman–Crippen MR) is 136 cm³/mol. The molecular weight excluding hydrogens is 410 g/mol. The number of aromatic nitrogens is 1. The molecule has 1 aliphatic carbocycles. The number of nitrogens with one attached hydrogen (secondary N) is 1. The van der Waals surface area contributed by atoms with E-state index in [-0.39, 0.29) is 22.6 Å². The molecule has 164 valence electrons. The molecule has 6 rings (SSSR count). The molecule has 1 heterocycles. The monoisotopic (exact) mass is 435 g/mol. The van der Waals surface area contributed by atoms with E-state index in [4.69, 9.17) is 0 Å². The van der Waals surface area contributed by atoms with Gasteiger partial charge >= 0.3 is 0 Å². The van der Waals surface area contributed by atoms with Gasteiger partial charge in [-0.3, -0.25) is 14.4 Å². The van der Waals surface area contributed by atoms with Crippen LogP contribution in [-0.2, 0) is 0 Å². The number of carbonyl (C=O) groups is 2. The maximum atomic E-state index is 13.4. The molecule has 4 nitrogen and oxygen atoms in total. The lowest BCUT2D eigenvalue weighted by Crippen LogP contribution is -2.22. The lowest BCUT2D eigenvalue weighted by atomic mass is 9.82. The second kappa shape index (κ2) is 8.83. The molecule has 0 spiro atoms. The molecule has 0 atom stereocenters. The number of hydrogen-bond donors (Lipinski definition) is 1. The molecule has 0 bridgehead atoms. The van der Waals surface area contributed by atoms with E-state index in [9.17, 15) is 14.4 Å². The normalized spacial score (nSPS) is 11.9. The van der Waals surface area contributed by atoms with E-state index in [0.717, 1.165) is 10.8 Å². The Morgan fingerprint density at radius 2 is 1.21 bits per heavy atom. The molecule has 0 amide bonds. The van der Waals surface area contributed by atoms with Crippen molar-refractivity contribution < 1.29 is 9.59 Å². The topological polar surface area (TPSA) is 67.0 Å². The molecule has 4 aromatic carbocycles. The van der Waals surface area contributed by atoms with E-state index in [2.05, 4.69) is 4.98 Å². The number of aromatic amines is 1. The third-order valence-electron chi connectivity index (χ3n) is 5.75. The van der Waals surface area contributed by atoms with Gasteiger partial charge in [0.15, 0.2) is 17.0 Å². The van der Waals surface area contributed by atoms with Crippen LogP contribution in [-0.4, -0.2) is 16.6 Å². The fraction of sp³-hybridized carbons (Fsp3) is 0.138. The number of carbonyl (C=O) groups excluding carboxylic acids is 2. The maximum absolute atomic E-state index is 13.4. The third-order valence-corrected chi connectivity index (χ3v) is 5.75. The summed E-state index contributed by atoms with van der Waals surface area (Å²) in [6, 6.07) is 21.6. The summed E-state index contributed by atoms with van der Waals surface area (Å²) in [7, 11) is 0. The summed E-state index contributed by atoms with van der Waals surface area (Å²) in [6.45, 7) is 8.00. The minimum Gasteiger partial charge on any atom is -0.354 e. The fourth-order valence-electron chi connectivity index (χ4n) is 4.40. The van der Waals surface area contributed by atoms with Gasteiger partial charge < -0.3 is 4.98 Å². The van der Waals surface area contributed by atoms with Crippen LogP contribution in [0.4, 0.5) is 0 Å². The van der Waals surface area contributed by atoms with Crippen LogP contribution in [0, 0.1) is 0 Å². The minimum atomic E-state index is -0.239. The number of fused-ring (bicyclic) bond motifs is 7. The van der Waals surface area contributed by atoms with Gasteiger partial charge in [0, 0.05) is 22.1 Å². The van der Waals surface area contributed by atoms with Crippen molar-refractivity contribution in [1.82, 2.24) is 4.98 Å². The maximum Gasteiger partial charge on any atom is 0.197 e. The molecule has 5 aromatic rings. The molecule has 0 unspecified atom stereocenters. The molecule has 0 saturated carbocycles. The molecule has 4 heteroatoms. The van der Waals surface area contributed by atoms with Crippen molar-refractivity contribution in [3.05, 3.63) is 105 Å². The molecule has 0 saturated heterocycles. The predicted octanol–water partition coefficient (Wildman–Crippen LogP) is 6.66. The van der Waals surface area contributed by atoms with E-state index in [1.165, 1.54) is 0 Å². The fourth-order valence-corrected chi connectivity index (χ4v) is 4.40. The number of ketones is 2. The summed E-state index contributed by atoms with van der Waals surface area (Å²) in [5, 5.41) is 2.83. The Bertz CT molecular complexity index is 1610. The number of benzene rings is 4. The highest BCUT2D eigenvalue weighted by atomic mass is 16.1. The van der Waals surface area contributed by atoms with Crippen LogP contribution >= 0.6 is 0 Å². The average Bonchev–Trinajstić information content (AvgIpc) is 2.89. The van der Waals surface area contributed by atoms with Crippen molar-refractivity contribution in [3.8, 4) is 0 Å². The standard InChI is InChI=1S/C25H13NO3.2C2H6/c27-23-15-7-3-4-8-16(15)24(28)21-17(23)10-11-18-22(21)26-19-12-9-13-5-1-2-6-14(13)20(19)25(18)29;2*1-2/h1-12H,(H,26,29);2*1-2H3. The number of H-pyrrole nitrogens is 1. The molecule has 0 radical (unpaired) electrons. The van der Waals surface area contributed by atoms with Gasteiger partial charge in [0.25, 0.3) is 0 Å². The number of pyridine rings is 1. The van der Waals surface area contributed by atoms with Crippen LogP contribution in [0.25, 0.3) is 32.6 Å². The Morgan fingerprint density at radius 3 is 1.94 bits per heavy atom. The zero-order chi connectivity index (χ0) is 23.7. The van der Waals surface area contributed by atoms with Crippen LogP contribution < -0.4 is 5.43 Å². The first-order valence-electron chi connectivity index (χ1n) is 11.3. The van der Waals surface area contributed by atoms with E-state index in [1.807, 2.05) is 64.1 Å². The first-order valence-corrected chi connectivity index (χ1v) is 11.3. The van der Waals surface area contributed by atoms with E-state index >= 15 is 0 Å². The third kappa shape index (κ3) is 3.26. The highest BCUT2D eigenvalue weighted by Gasteiger charge is 2.31. The smallest absolute Gasteiger partial charge is 0.197 e. The Kier molecular flexibility index (Phi) is 5.93. The van der Waals surface area contributed by atoms with Gasteiger partial charge in [0.2, 0.25) is 0 Å². The van der Waals surface area contributed by atoms with Crippen molar-refractivity contribution in [3.63, 3.8) is 0 Å². The summed E-state index contributed by atoms with van der Waals surface area (Å²) in [5.74, 6) is -0.437. The Morgan fingerprint density at radius 1 is 0.576 bits per heavy atom. The number of rotatable bonds is 0. The summed E-state index contributed by atoms with van der Waals surface area (Å²) in [6.07, 6.45) is 0. The minimum absolute atomic E-state index is 0.146. The summed E-state index contributed by atoms with van der Waals surface area (Å²) >= 11 is 0. The van der Waals surface area contributed by atoms with Crippen LogP contribution in [0.5, 0.6) is 0 Å². The molecule has 0 aliphatic heterocycles. The van der Waals surface area contributed by atoms with Gasteiger partial charge in [-0.15, -0.1) is 0 Å². The van der Waals surface area contributed by atoms with Crippen molar-refractivity contribution in [2.24, 2.45) is 0 Å². The van der Waals surface area contributed by atoms with Gasteiger partial charge in [0.1, 0.15) is 0 Å². The van der Waals surface area contributed by atoms with Gasteiger partial charge in [-0.2, -0.15) is 0 Å². The van der Waals surface area contributed by atoms with Crippen LogP contribution in [0.3, 0.4) is 0 Å². The van der Waals surface area contributed by atoms with Gasteiger partial charge in [-0.05, 0) is 29.0 Å². The second-order valence-electron chi connectivity index (χ2n) is 7.28. The van der Waals surface area contributed by atoms with E-state index < -0.39 is 0 Å². The second-order valence-corrected chi connectivity index (χ2v) is 7.28. The first kappa shape index (κ1) is 22.2. The lowest BCUT2D eigenvalue weighted by Gasteiger charge is -2.19. The Balaban J connectivity index is 0.000000617. The van der Waals surface area contributed by atoms with Crippen molar-refractivity contribution >= 4 is 44.1 Å². The lowest BCUT2D eigenvalue weighted by molar-refractivity contribution is 0.0980. The van der Waals surface area contributed by atoms with Crippen molar-refractivity contribution in [2.75, 3.05) is 0 Å². The molecule has 33 heavy (non-hydrogen) atoms. The van der Waals surface area contributed by atoms with Gasteiger partial charge in [-0.1, -0.05) is 82.3 Å². The molecule has 1 N–H and O–H groups in total. The molecule has 1 aliphatic rings. The molecule has 1 aromatic heterocycles. The van der Waals surface area contributed by atoms with E-state index in [0.29, 0.717) is 38.5 Å². The van der Waals surface area contributed by atoms with Crippen molar-refractivity contribution in [2.45, 2.75) is 27.7 Å². The first-order chi connectivity index (χ1) is 16.1. The van der Waals surface area contributed by atoms with Crippen LogP contribution in [0.2, 0.25) is 0 Å². The van der Waals surface area contributed by atoms with Crippen molar-refractivity contribution in [1.29, 1.82) is 0 Å². The van der Waals surface area contributed by atoms with Crippen LogP contribution in [0.15, 0.2) is 77.6 Å². The molecule has 0 fully saturated rings. The SMILES string of the molecule is CC.CC.O=C1c2ccccc2C(=O)c2c1ccc1c(=O)c3c(ccc4ccccc43)[nH]c21.